The van der Waals surface area contributed by atoms with Gasteiger partial charge < -0.3 is 30.4 Å². The van der Waals surface area contributed by atoms with Crippen molar-refractivity contribution in [3.63, 3.8) is 0 Å². The minimum Gasteiger partial charge on any atom is -0.493 e. The molecule has 8 nitrogen and oxygen atoms in total. The Balaban J connectivity index is 0.00000578. The maximum absolute atomic E-state index is 12.2. The third-order valence-corrected chi connectivity index (χ3v) is 4.40. The Morgan fingerprint density at radius 1 is 0.743 bits per heavy atom. The Morgan fingerprint density at radius 3 is 1.49 bits per heavy atom. The van der Waals surface area contributed by atoms with Crippen LogP contribution in [0, 0.1) is 0 Å². The first-order valence-corrected chi connectivity index (χ1v) is 10.4. The van der Waals surface area contributed by atoms with Crippen LogP contribution in [-0.4, -0.2) is 52.1 Å². The molecule has 0 saturated carbocycles. The molecule has 186 valence electrons. The summed E-state index contributed by atoms with van der Waals surface area (Å²) < 4.78 is 21.6. The van der Waals surface area contributed by atoms with Gasteiger partial charge in [-0.3, -0.25) is 9.59 Å². The molecule has 0 atom stereocenters. The van der Waals surface area contributed by atoms with Crippen LogP contribution >= 0.6 is 12.4 Å². The number of hydrogen-bond acceptors (Lipinski definition) is 8. The third-order valence-electron chi connectivity index (χ3n) is 4.40. The van der Waals surface area contributed by atoms with Crippen molar-refractivity contribution in [3.05, 3.63) is 59.7 Å². The normalized spacial score (nSPS) is 10.4. The van der Waals surface area contributed by atoms with Gasteiger partial charge in [0.2, 0.25) is 0 Å². The summed E-state index contributed by atoms with van der Waals surface area (Å²) in [5, 5.41) is 0. The van der Waals surface area contributed by atoms with Crippen molar-refractivity contribution in [1.29, 1.82) is 0 Å². The molecule has 0 fully saturated rings. The molecule has 0 radical (unpaired) electrons. The van der Waals surface area contributed by atoms with Crippen LogP contribution in [0.4, 0.5) is 0 Å². The van der Waals surface area contributed by atoms with Gasteiger partial charge in [0.25, 0.3) is 0 Å². The number of methoxy groups -OCH3 is 2. The van der Waals surface area contributed by atoms with Crippen molar-refractivity contribution in [3.8, 4) is 23.0 Å². The van der Waals surface area contributed by atoms with Gasteiger partial charge in [-0.2, -0.15) is 0 Å². The molecule has 10 heteroatoms. The first kappa shape index (κ1) is 32.3. The van der Waals surface area contributed by atoms with Gasteiger partial charge in [-0.25, -0.2) is 0 Å². The van der Waals surface area contributed by atoms with Gasteiger partial charge in [0, 0.05) is 32.6 Å². The van der Waals surface area contributed by atoms with Crippen LogP contribution < -0.4 is 30.4 Å². The van der Waals surface area contributed by atoms with Crippen molar-refractivity contribution in [2.75, 3.05) is 40.5 Å². The summed E-state index contributed by atoms with van der Waals surface area (Å²) in [6.07, 6.45) is 5.75. The predicted molar refractivity (Wildman–Crippen MR) is 135 cm³/mol. The Kier molecular flexibility index (Phi) is 16.3. The quantitative estimate of drug-likeness (QED) is 0.207. The number of nitrogens with two attached hydrogens (primary N) is 2. The standard InChI is InChI=1S/C25H30N2O6.ClH.Zn/c1-30-24-15-18(5-9-22(24)32-13-11-26)3-7-20(28)17-21(29)8-4-19-6-10-23(33-14-12-27)25(16-19)31-2;;/h3-10,15-16H,11-14,17,26-27H2,1-2H3;1H;. The van der Waals surface area contributed by atoms with Crippen LogP contribution in [0.5, 0.6) is 23.0 Å². The minimum absolute atomic E-state index is 0. The van der Waals surface area contributed by atoms with E-state index in [1.165, 1.54) is 26.4 Å². The van der Waals surface area contributed by atoms with E-state index in [-0.39, 0.29) is 49.9 Å². The SMILES string of the molecule is COc1cc(C=CC(=O)CC(=O)C=Cc2ccc(OCCN)c(OC)c2)ccc1OCCN.Cl.[Zn]. The molecule has 0 spiro atoms. The fraction of sp³-hybridized carbons (Fsp3) is 0.280. The van der Waals surface area contributed by atoms with Gasteiger partial charge in [-0.1, -0.05) is 24.3 Å². The fourth-order valence-corrected chi connectivity index (χ4v) is 2.82. The van der Waals surface area contributed by atoms with Crippen LogP contribution in [0.25, 0.3) is 12.2 Å². The number of rotatable bonds is 14. The summed E-state index contributed by atoms with van der Waals surface area (Å²) in [6.45, 7) is 1.53. The fourth-order valence-electron chi connectivity index (χ4n) is 2.82. The molecule has 0 aliphatic rings. The molecule has 0 heterocycles. The summed E-state index contributed by atoms with van der Waals surface area (Å²) >= 11 is 0. The van der Waals surface area contributed by atoms with E-state index >= 15 is 0 Å². The topological polar surface area (TPSA) is 123 Å². The molecular weight excluding hydrogens is 525 g/mol. The van der Waals surface area contributed by atoms with E-state index in [0.717, 1.165) is 11.1 Å². The molecule has 2 rings (SSSR count). The van der Waals surface area contributed by atoms with E-state index in [9.17, 15) is 9.59 Å². The van der Waals surface area contributed by atoms with Gasteiger partial charge in [0.15, 0.2) is 34.6 Å². The number of ketones is 2. The molecule has 2 aromatic carbocycles. The Labute approximate surface area is 224 Å². The molecule has 4 N–H and O–H groups in total. The van der Waals surface area contributed by atoms with E-state index in [2.05, 4.69) is 0 Å². The van der Waals surface area contributed by atoms with Gasteiger partial charge in [-0.15, -0.1) is 12.4 Å². The van der Waals surface area contributed by atoms with Crippen molar-refractivity contribution in [2.45, 2.75) is 6.42 Å². The average molecular weight is 556 g/mol. The number of allylic oxidation sites excluding steroid dienone is 2. The summed E-state index contributed by atoms with van der Waals surface area (Å²) in [6, 6.07) is 10.5. The zero-order valence-corrected chi connectivity index (χ0v) is 23.8. The van der Waals surface area contributed by atoms with E-state index < -0.39 is 0 Å². The number of halogens is 1. The predicted octanol–water partition coefficient (Wildman–Crippen LogP) is 3.05. The Bertz CT molecular complexity index is 934. The van der Waals surface area contributed by atoms with Gasteiger partial charge in [0.1, 0.15) is 13.2 Å². The van der Waals surface area contributed by atoms with Crippen LogP contribution in [-0.2, 0) is 29.1 Å². The molecular formula is C25H31ClN2O6Zn. The number of ether oxygens (including phenoxy) is 4. The second kappa shape index (κ2) is 17.7. The minimum atomic E-state index is -0.310. The van der Waals surface area contributed by atoms with Gasteiger partial charge >= 0.3 is 0 Å². The summed E-state index contributed by atoms with van der Waals surface area (Å²) in [7, 11) is 3.06. The molecule has 0 saturated heterocycles. The van der Waals surface area contributed by atoms with E-state index in [4.69, 9.17) is 30.4 Å². The second-order valence-electron chi connectivity index (χ2n) is 6.87. The first-order valence-electron chi connectivity index (χ1n) is 10.4. The summed E-state index contributed by atoms with van der Waals surface area (Å²) in [5.41, 5.74) is 12.4. The van der Waals surface area contributed by atoms with E-state index in [1.807, 2.05) is 0 Å². The summed E-state index contributed by atoms with van der Waals surface area (Å²) in [4.78, 5) is 24.4. The van der Waals surface area contributed by atoms with Gasteiger partial charge in [-0.05, 0) is 47.5 Å². The maximum atomic E-state index is 12.2. The number of carbonyl (C=O) groups excluding carboxylic acids is 2. The molecule has 0 unspecified atom stereocenters. The summed E-state index contributed by atoms with van der Waals surface area (Å²) in [5.74, 6) is 1.59. The van der Waals surface area contributed by atoms with Crippen molar-refractivity contribution >= 4 is 36.1 Å². The Hall–Kier alpha value is -2.71. The van der Waals surface area contributed by atoms with E-state index in [1.54, 1.807) is 48.6 Å². The number of benzene rings is 2. The number of carbonyl (C=O) groups is 2. The van der Waals surface area contributed by atoms with E-state index in [0.29, 0.717) is 49.3 Å². The monoisotopic (exact) mass is 554 g/mol. The van der Waals surface area contributed by atoms with Crippen LogP contribution in [0.2, 0.25) is 0 Å². The molecule has 35 heavy (non-hydrogen) atoms. The zero-order chi connectivity index (χ0) is 24.1. The molecule has 0 bridgehead atoms. The molecule has 0 aliphatic carbocycles. The largest absolute Gasteiger partial charge is 0.493 e. The van der Waals surface area contributed by atoms with Crippen LogP contribution in [0.1, 0.15) is 17.5 Å². The van der Waals surface area contributed by atoms with Crippen molar-refractivity contribution in [2.24, 2.45) is 11.5 Å². The third kappa shape index (κ3) is 11.1. The molecule has 2 aromatic rings. The van der Waals surface area contributed by atoms with Crippen molar-refractivity contribution < 1.29 is 48.0 Å². The van der Waals surface area contributed by atoms with Crippen LogP contribution in [0.15, 0.2) is 48.6 Å². The Morgan fingerprint density at radius 2 is 1.14 bits per heavy atom. The van der Waals surface area contributed by atoms with Crippen molar-refractivity contribution in [1.82, 2.24) is 0 Å². The maximum Gasteiger partial charge on any atom is 0.163 e. The average Bonchev–Trinajstić information content (AvgIpc) is 2.83. The smallest absolute Gasteiger partial charge is 0.163 e. The molecule has 0 aliphatic heterocycles. The van der Waals surface area contributed by atoms with Crippen LogP contribution in [0.3, 0.4) is 0 Å². The second-order valence-corrected chi connectivity index (χ2v) is 6.87. The molecule has 0 amide bonds. The molecule has 0 aromatic heterocycles. The zero-order valence-electron chi connectivity index (χ0n) is 20.0. The first-order chi connectivity index (χ1) is 16.0. The number of hydrogen-bond donors (Lipinski definition) is 2. The van der Waals surface area contributed by atoms with Gasteiger partial charge in [0.05, 0.1) is 20.6 Å².